The highest BCUT2D eigenvalue weighted by molar-refractivity contribution is 8.14. The predicted molar refractivity (Wildman–Crippen MR) is 102 cm³/mol. The van der Waals surface area contributed by atoms with Crippen molar-refractivity contribution in [3.8, 4) is 0 Å². The van der Waals surface area contributed by atoms with Crippen LogP contribution in [0.15, 0.2) is 35.7 Å². The van der Waals surface area contributed by atoms with Crippen molar-refractivity contribution in [3.63, 3.8) is 0 Å². The van der Waals surface area contributed by atoms with Gasteiger partial charge < -0.3 is 10.6 Å². The van der Waals surface area contributed by atoms with Crippen LogP contribution in [-0.2, 0) is 4.75 Å². The Balaban J connectivity index is 1.72. The summed E-state index contributed by atoms with van der Waals surface area (Å²) in [4.78, 5) is 19.6. The van der Waals surface area contributed by atoms with E-state index in [9.17, 15) is 4.39 Å². The maximum absolute atomic E-state index is 14.0. The van der Waals surface area contributed by atoms with Crippen molar-refractivity contribution in [2.75, 3.05) is 24.5 Å². The summed E-state index contributed by atoms with van der Waals surface area (Å²) in [5, 5.41) is 0.592. The summed E-state index contributed by atoms with van der Waals surface area (Å²) in [6.07, 6.45) is 4.94. The Labute approximate surface area is 156 Å². The highest BCUT2D eigenvalue weighted by Gasteiger charge is 2.51. The van der Waals surface area contributed by atoms with Gasteiger partial charge in [-0.2, -0.15) is 0 Å². The Morgan fingerprint density at radius 2 is 2.23 bits per heavy atom. The molecule has 0 bridgehead atoms. The van der Waals surface area contributed by atoms with Crippen LogP contribution in [-0.4, -0.2) is 39.8 Å². The van der Waals surface area contributed by atoms with Gasteiger partial charge in [0.05, 0.1) is 16.6 Å². The molecule has 4 heterocycles. The zero-order valence-corrected chi connectivity index (χ0v) is 15.6. The number of anilines is 1. The van der Waals surface area contributed by atoms with Gasteiger partial charge in [0.15, 0.2) is 11.0 Å². The quantitative estimate of drug-likeness (QED) is 0.892. The third-order valence-corrected chi connectivity index (χ3v) is 6.42. The smallest absolute Gasteiger partial charge is 0.225 e. The van der Waals surface area contributed by atoms with E-state index in [2.05, 4.69) is 30.9 Å². The molecule has 2 atom stereocenters. The van der Waals surface area contributed by atoms with Gasteiger partial charge in [0.2, 0.25) is 5.95 Å². The van der Waals surface area contributed by atoms with Crippen molar-refractivity contribution in [3.05, 3.63) is 47.8 Å². The highest BCUT2D eigenvalue weighted by Crippen LogP contribution is 2.50. The van der Waals surface area contributed by atoms with E-state index in [-0.39, 0.29) is 22.4 Å². The molecule has 0 aromatic carbocycles. The average molecular weight is 372 g/mol. The molecule has 2 aromatic heterocycles. The monoisotopic (exact) mass is 372 g/mol. The van der Waals surface area contributed by atoms with E-state index in [0.717, 1.165) is 12.1 Å². The van der Waals surface area contributed by atoms with Crippen LogP contribution in [0.4, 0.5) is 10.3 Å². The molecule has 2 N–H and O–H groups in total. The number of hydrogen-bond donors (Lipinski definition) is 1. The topological polar surface area (TPSA) is 80.3 Å². The number of amidine groups is 1. The second-order valence-corrected chi connectivity index (χ2v) is 8.40. The van der Waals surface area contributed by atoms with Gasteiger partial charge in [-0.1, -0.05) is 31.7 Å². The van der Waals surface area contributed by atoms with E-state index >= 15 is 0 Å². The molecule has 0 radical (unpaired) electrons. The minimum absolute atomic E-state index is 0.00210. The summed E-state index contributed by atoms with van der Waals surface area (Å²) in [6.45, 7) is 5.96. The molecule has 2 aliphatic heterocycles. The fourth-order valence-electron chi connectivity index (χ4n) is 3.71. The molecule has 2 unspecified atom stereocenters. The van der Waals surface area contributed by atoms with Gasteiger partial charge in [0.1, 0.15) is 0 Å². The van der Waals surface area contributed by atoms with Crippen LogP contribution in [0.1, 0.15) is 31.0 Å². The molecule has 2 aromatic rings. The lowest BCUT2D eigenvalue weighted by Crippen LogP contribution is -2.39. The first kappa shape index (κ1) is 17.2. The maximum atomic E-state index is 14.0. The summed E-state index contributed by atoms with van der Waals surface area (Å²) < 4.78 is 13.8. The van der Waals surface area contributed by atoms with E-state index in [0.29, 0.717) is 29.9 Å². The number of pyridine rings is 1. The van der Waals surface area contributed by atoms with Crippen molar-refractivity contribution >= 4 is 22.9 Å². The molecule has 136 valence electrons. The lowest BCUT2D eigenvalue weighted by atomic mass is 9.88. The van der Waals surface area contributed by atoms with Crippen LogP contribution >= 0.6 is 11.8 Å². The summed E-state index contributed by atoms with van der Waals surface area (Å²) in [6, 6.07) is 4.03. The van der Waals surface area contributed by atoms with Crippen LogP contribution in [0.5, 0.6) is 0 Å². The summed E-state index contributed by atoms with van der Waals surface area (Å²) in [5.41, 5.74) is 7.65. The van der Waals surface area contributed by atoms with Gasteiger partial charge in [-0.3, -0.25) is 9.98 Å². The number of hydrogen-bond acceptors (Lipinski definition) is 7. The molecule has 0 aliphatic carbocycles. The number of nitrogens with two attached hydrogens (primary N) is 1. The van der Waals surface area contributed by atoms with Crippen molar-refractivity contribution < 1.29 is 4.39 Å². The van der Waals surface area contributed by atoms with Gasteiger partial charge in [-0.15, -0.1) is 0 Å². The van der Waals surface area contributed by atoms with E-state index in [1.165, 1.54) is 6.20 Å². The first-order chi connectivity index (χ1) is 12.5. The molecule has 2 aliphatic rings. The largest absolute Gasteiger partial charge is 0.379 e. The fourth-order valence-corrected chi connectivity index (χ4v) is 5.00. The Morgan fingerprint density at radius 1 is 1.38 bits per heavy atom. The second-order valence-electron chi connectivity index (χ2n) is 7.05. The molecule has 26 heavy (non-hydrogen) atoms. The van der Waals surface area contributed by atoms with Gasteiger partial charge in [-0.25, -0.2) is 14.4 Å². The fraction of sp³-hybridized carbons (Fsp3) is 0.444. The van der Waals surface area contributed by atoms with Crippen molar-refractivity contribution in [1.82, 2.24) is 15.0 Å². The zero-order valence-electron chi connectivity index (χ0n) is 14.8. The summed E-state index contributed by atoms with van der Waals surface area (Å²) in [5.74, 6) is 0.471. The second kappa shape index (κ2) is 6.50. The number of aromatic nitrogens is 3. The number of thioether (sulfide) groups is 1. The number of fused-ring (bicyclic) bond motifs is 1. The Morgan fingerprint density at radius 3 is 2.96 bits per heavy atom. The SMILES string of the molecule is CC(C)c1nc(N2CC3CN=C(N)SC3(c3cccnc3)C2)ncc1F. The molecule has 0 amide bonds. The molecule has 0 spiro atoms. The first-order valence-corrected chi connectivity index (χ1v) is 9.48. The molecule has 0 saturated carbocycles. The van der Waals surface area contributed by atoms with E-state index in [4.69, 9.17) is 5.73 Å². The molecule has 4 rings (SSSR count). The number of halogens is 1. The van der Waals surface area contributed by atoms with E-state index < -0.39 is 0 Å². The van der Waals surface area contributed by atoms with E-state index in [1.807, 2.05) is 26.1 Å². The molecular formula is C18H21FN6S. The third kappa shape index (κ3) is 2.82. The number of rotatable bonds is 3. The van der Waals surface area contributed by atoms with Crippen LogP contribution in [0.2, 0.25) is 0 Å². The Kier molecular flexibility index (Phi) is 4.30. The number of aliphatic imine (C=N–C) groups is 1. The maximum Gasteiger partial charge on any atom is 0.225 e. The molecule has 8 heteroatoms. The number of nitrogens with zero attached hydrogens (tertiary/aromatic N) is 5. The molecule has 6 nitrogen and oxygen atoms in total. The third-order valence-electron chi connectivity index (χ3n) is 5.02. The highest BCUT2D eigenvalue weighted by atomic mass is 32.2. The Bertz CT molecular complexity index is 843. The van der Waals surface area contributed by atoms with Crippen LogP contribution in [0.3, 0.4) is 0 Å². The summed E-state index contributed by atoms with van der Waals surface area (Å²) in [7, 11) is 0. The minimum Gasteiger partial charge on any atom is -0.379 e. The van der Waals surface area contributed by atoms with E-state index in [1.54, 1.807) is 18.0 Å². The van der Waals surface area contributed by atoms with Crippen molar-refractivity contribution in [2.45, 2.75) is 24.5 Å². The normalized spacial score (nSPS) is 25.3. The summed E-state index contributed by atoms with van der Waals surface area (Å²) >= 11 is 1.59. The van der Waals surface area contributed by atoms with Crippen molar-refractivity contribution in [2.24, 2.45) is 16.6 Å². The van der Waals surface area contributed by atoms with Crippen LogP contribution in [0, 0.1) is 11.7 Å². The standard InChI is InChI=1S/C18H21FN6S/c1-11(2)15-14(19)8-23-17(24-15)25-9-13-7-22-16(20)26-18(13,10-25)12-4-3-5-21-6-12/h3-6,8,11,13H,7,9-10H2,1-2H3,(H2,20,22). The molecule has 1 saturated heterocycles. The van der Waals surface area contributed by atoms with Gasteiger partial charge in [0, 0.05) is 37.9 Å². The van der Waals surface area contributed by atoms with Crippen LogP contribution < -0.4 is 10.6 Å². The predicted octanol–water partition coefficient (Wildman–Crippen LogP) is 2.53. The molecule has 1 fully saturated rings. The lowest BCUT2D eigenvalue weighted by molar-refractivity contribution is 0.486. The Hall–Kier alpha value is -2.22. The van der Waals surface area contributed by atoms with Crippen molar-refractivity contribution in [1.29, 1.82) is 0 Å². The lowest BCUT2D eigenvalue weighted by Gasteiger charge is -2.35. The zero-order chi connectivity index (χ0) is 18.3. The minimum atomic E-state index is -0.357. The van der Waals surface area contributed by atoms with Gasteiger partial charge in [-0.05, 0) is 17.5 Å². The first-order valence-electron chi connectivity index (χ1n) is 8.66. The van der Waals surface area contributed by atoms with Crippen LogP contribution in [0.25, 0.3) is 0 Å². The average Bonchev–Trinajstić information content (AvgIpc) is 3.02. The van der Waals surface area contributed by atoms with Gasteiger partial charge >= 0.3 is 0 Å². The molecular weight excluding hydrogens is 351 g/mol. The van der Waals surface area contributed by atoms with Gasteiger partial charge in [0.25, 0.3) is 0 Å².